The van der Waals surface area contributed by atoms with Gasteiger partial charge >= 0.3 is 0 Å². The highest BCUT2D eigenvalue weighted by molar-refractivity contribution is 5.73. The molecule has 16 heavy (non-hydrogen) atoms. The summed E-state index contributed by atoms with van der Waals surface area (Å²) in [7, 11) is 0. The van der Waals surface area contributed by atoms with Crippen LogP contribution in [0.3, 0.4) is 0 Å². The largest absolute Gasteiger partial charge is 0.343 e. The van der Waals surface area contributed by atoms with Crippen molar-refractivity contribution in [1.29, 1.82) is 0 Å². The fourth-order valence-electron chi connectivity index (χ4n) is 2.69. The number of rotatable bonds is 2. The molecule has 1 atom stereocenters. The smallest absolute Gasteiger partial charge is 0.219 e. The van der Waals surface area contributed by atoms with Crippen molar-refractivity contribution in [2.45, 2.75) is 44.7 Å². The van der Waals surface area contributed by atoms with Gasteiger partial charge in [0.05, 0.1) is 0 Å². The number of piperidine rings is 2. The standard InChI is InChI=1S/C12H23N3O/c1-10(16)15-7-4-11(5-8-15)14-12-3-2-6-13-9-12/h11-14H,2-9H2,1H3. The summed E-state index contributed by atoms with van der Waals surface area (Å²) in [4.78, 5) is 13.1. The lowest BCUT2D eigenvalue weighted by atomic mass is 10.0. The average molecular weight is 225 g/mol. The summed E-state index contributed by atoms with van der Waals surface area (Å²) in [5, 5.41) is 7.14. The molecular formula is C12H23N3O. The van der Waals surface area contributed by atoms with Gasteiger partial charge in [0.25, 0.3) is 0 Å². The van der Waals surface area contributed by atoms with E-state index in [0.29, 0.717) is 12.1 Å². The van der Waals surface area contributed by atoms with Crippen molar-refractivity contribution in [1.82, 2.24) is 15.5 Å². The molecule has 0 aromatic heterocycles. The highest BCUT2D eigenvalue weighted by Gasteiger charge is 2.23. The Balaban J connectivity index is 1.70. The third-order valence-electron chi connectivity index (χ3n) is 3.71. The first-order valence-electron chi connectivity index (χ1n) is 6.48. The Morgan fingerprint density at radius 1 is 1.25 bits per heavy atom. The predicted molar refractivity (Wildman–Crippen MR) is 64.3 cm³/mol. The minimum absolute atomic E-state index is 0.220. The summed E-state index contributed by atoms with van der Waals surface area (Å²) >= 11 is 0. The topological polar surface area (TPSA) is 44.4 Å². The van der Waals surface area contributed by atoms with E-state index in [1.807, 2.05) is 4.90 Å². The molecule has 2 aliphatic rings. The monoisotopic (exact) mass is 225 g/mol. The van der Waals surface area contributed by atoms with E-state index in [1.54, 1.807) is 6.92 Å². The number of hydrogen-bond acceptors (Lipinski definition) is 3. The van der Waals surface area contributed by atoms with Crippen LogP contribution in [-0.4, -0.2) is 49.1 Å². The summed E-state index contributed by atoms with van der Waals surface area (Å²) in [6.45, 7) is 5.78. The van der Waals surface area contributed by atoms with E-state index in [2.05, 4.69) is 10.6 Å². The first-order valence-corrected chi connectivity index (χ1v) is 6.48. The first kappa shape index (κ1) is 11.9. The van der Waals surface area contributed by atoms with Gasteiger partial charge in [-0.2, -0.15) is 0 Å². The van der Waals surface area contributed by atoms with Crippen LogP contribution in [0.1, 0.15) is 32.6 Å². The zero-order valence-electron chi connectivity index (χ0n) is 10.2. The Labute approximate surface area is 97.8 Å². The Bertz CT molecular complexity index is 230. The number of carbonyl (C=O) groups excluding carboxylic acids is 1. The SMILES string of the molecule is CC(=O)N1CCC(NC2CCCNC2)CC1. The first-order chi connectivity index (χ1) is 7.75. The summed E-state index contributed by atoms with van der Waals surface area (Å²) in [6, 6.07) is 1.25. The highest BCUT2D eigenvalue weighted by Crippen LogP contribution is 2.12. The molecule has 1 amide bonds. The second kappa shape index (κ2) is 5.64. The van der Waals surface area contributed by atoms with Crippen molar-refractivity contribution < 1.29 is 4.79 Å². The molecule has 2 saturated heterocycles. The van der Waals surface area contributed by atoms with Crippen LogP contribution in [-0.2, 0) is 4.79 Å². The average Bonchev–Trinajstić information content (AvgIpc) is 2.31. The maximum absolute atomic E-state index is 11.2. The lowest BCUT2D eigenvalue weighted by Gasteiger charge is -2.35. The second-order valence-electron chi connectivity index (χ2n) is 4.99. The van der Waals surface area contributed by atoms with Gasteiger partial charge in [0, 0.05) is 38.6 Å². The van der Waals surface area contributed by atoms with E-state index in [1.165, 1.54) is 19.4 Å². The third kappa shape index (κ3) is 3.19. The van der Waals surface area contributed by atoms with Crippen molar-refractivity contribution >= 4 is 5.91 Å². The zero-order chi connectivity index (χ0) is 11.4. The second-order valence-corrected chi connectivity index (χ2v) is 4.99. The predicted octanol–water partition coefficient (Wildman–Crippen LogP) is 0.339. The number of likely N-dealkylation sites (tertiary alicyclic amines) is 1. The number of nitrogens with one attached hydrogen (secondary N) is 2. The van der Waals surface area contributed by atoms with Crippen LogP contribution in [0.4, 0.5) is 0 Å². The zero-order valence-corrected chi connectivity index (χ0v) is 10.2. The Kier molecular flexibility index (Phi) is 4.18. The molecule has 92 valence electrons. The van der Waals surface area contributed by atoms with Crippen molar-refractivity contribution in [3.63, 3.8) is 0 Å². The number of nitrogens with zero attached hydrogens (tertiary/aromatic N) is 1. The van der Waals surface area contributed by atoms with Crippen LogP contribution in [0.25, 0.3) is 0 Å². The minimum atomic E-state index is 0.220. The Morgan fingerprint density at radius 3 is 2.56 bits per heavy atom. The fourth-order valence-corrected chi connectivity index (χ4v) is 2.69. The number of amides is 1. The minimum Gasteiger partial charge on any atom is -0.343 e. The summed E-state index contributed by atoms with van der Waals surface area (Å²) in [6.07, 6.45) is 4.79. The lowest BCUT2D eigenvalue weighted by Crippen LogP contribution is -2.51. The third-order valence-corrected chi connectivity index (χ3v) is 3.71. The van der Waals surface area contributed by atoms with Crippen LogP contribution in [0.2, 0.25) is 0 Å². The molecule has 0 bridgehead atoms. The molecule has 0 aliphatic carbocycles. The van der Waals surface area contributed by atoms with Crippen molar-refractivity contribution in [3.05, 3.63) is 0 Å². The molecule has 2 N–H and O–H groups in total. The molecule has 0 spiro atoms. The van der Waals surface area contributed by atoms with Gasteiger partial charge in [-0.05, 0) is 32.2 Å². The van der Waals surface area contributed by atoms with Crippen LogP contribution in [0, 0.1) is 0 Å². The van der Waals surface area contributed by atoms with E-state index in [9.17, 15) is 4.79 Å². The van der Waals surface area contributed by atoms with Gasteiger partial charge in [-0.3, -0.25) is 4.79 Å². The number of hydrogen-bond donors (Lipinski definition) is 2. The summed E-state index contributed by atoms with van der Waals surface area (Å²) in [5.41, 5.74) is 0. The van der Waals surface area contributed by atoms with Crippen molar-refractivity contribution in [2.24, 2.45) is 0 Å². The van der Waals surface area contributed by atoms with E-state index < -0.39 is 0 Å². The molecule has 4 nitrogen and oxygen atoms in total. The van der Waals surface area contributed by atoms with E-state index in [-0.39, 0.29) is 5.91 Å². The molecule has 2 rings (SSSR count). The molecule has 0 aromatic rings. The highest BCUT2D eigenvalue weighted by atomic mass is 16.2. The van der Waals surface area contributed by atoms with Crippen molar-refractivity contribution in [2.75, 3.05) is 26.2 Å². The molecule has 1 unspecified atom stereocenters. The van der Waals surface area contributed by atoms with Gasteiger partial charge in [0.1, 0.15) is 0 Å². The maximum Gasteiger partial charge on any atom is 0.219 e. The molecular weight excluding hydrogens is 202 g/mol. The molecule has 2 heterocycles. The van der Waals surface area contributed by atoms with Gasteiger partial charge in [-0.25, -0.2) is 0 Å². The van der Waals surface area contributed by atoms with Gasteiger partial charge < -0.3 is 15.5 Å². The lowest BCUT2D eigenvalue weighted by molar-refractivity contribution is -0.129. The summed E-state index contributed by atoms with van der Waals surface area (Å²) in [5.74, 6) is 0.220. The van der Waals surface area contributed by atoms with E-state index in [0.717, 1.165) is 32.5 Å². The van der Waals surface area contributed by atoms with E-state index >= 15 is 0 Å². The van der Waals surface area contributed by atoms with Crippen LogP contribution in [0.15, 0.2) is 0 Å². The van der Waals surface area contributed by atoms with Crippen LogP contribution in [0.5, 0.6) is 0 Å². The molecule has 4 heteroatoms. The van der Waals surface area contributed by atoms with Gasteiger partial charge in [0.15, 0.2) is 0 Å². The molecule has 0 radical (unpaired) electrons. The maximum atomic E-state index is 11.2. The summed E-state index contributed by atoms with van der Waals surface area (Å²) < 4.78 is 0. The van der Waals surface area contributed by atoms with Crippen molar-refractivity contribution in [3.8, 4) is 0 Å². The van der Waals surface area contributed by atoms with Gasteiger partial charge in [-0.15, -0.1) is 0 Å². The fraction of sp³-hybridized carbons (Fsp3) is 0.917. The van der Waals surface area contributed by atoms with Crippen LogP contribution < -0.4 is 10.6 Å². The molecule has 0 aromatic carbocycles. The number of carbonyl (C=O) groups is 1. The Morgan fingerprint density at radius 2 is 2.00 bits per heavy atom. The van der Waals surface area contributed by atoms with Gasteiger partial charge in [0.2, 0.25) is 5.91 Å². The normalized spacial score (nSPS) is 28.1. The van der Waals surface area contributed by atoms with Gasteiger partial charge in [-0.1, -0.05) is 0 Å². The molecule has 2 aliphatic heterocycles. The van der Waals surface area contributed by atoms with E-state index in [4.69, 9.17) is 0 Å². The molecule has 2 fully saturated rings. The molecule has 0 saturated carbocycles. The Hall–Kier alpha value is -0.610. The quantitative estimate of drug-likeness (QED) is 0.712. The van der Waals surface area contributed by atoms with Crippen LogP contribution >= 0.6 is 0 Å².